The highest BCUT2D eigenvalue weighted by atomic mass is 16.5. The summed E-state index contributed by atoms with van der Waals surface area (Å²) in [6.07, 6.45) is 14.3. The molecule has 6 nitrogen and oxygen atoms in total. The molecule has 0 bridgehead atoms. The second-order valence-electron chi connectivity index (χ2n) is 6.98. The Balaban J connectivity index is 1.37. The zero-order valence-electron chi connectivity index (χ0n) is 14.5. The van der Waals surface area contributed by atoms with Crippen LogP contribution in [0.1, 0.15) is 63.8 Å². The minimum Gasteiger partial charge on any atom is -0.378 e. The fraction of sp³-hybridized carbons (Fsp3) is 0.778. The Bertz CT molecular complexity index is 485. The lowest BCUT2D eigenvalue weighted by Gasteiger charge is -2.32. The van der Waals surface area contributed by atoms with Gasteiger partial charge in [0.25, 0.3) is 0 Å². The number of rotatable bonds is 6. The van der Waals surface area contributed by atoms with Crippen LogP contribution in [0.4, 0.5) is 4.79 Å². The highest BCUT2D eigenvalue weighted by molar-refractivity contribution is 5.74. The van der Waals surface area contributed by atoms with Gasteiger partial charge >= 0.3 is 6.03 Å². The van der Waals surface area contributed by atoms with Crippen LogP contribution in [-0.2, 0) is 4.74 Å². The summed E-state index contributed by atoms with van der Waals surface area (Å²) in [5.74, 6) is 0. The van der Waals surface area contributed by atoms with Crippen molar-refractivity contribution in [3.8, 4) is 0 Å². The van der Waals surface area contributed by atoms with Gasteiger partial charge in [-0.1, -0.05) is 12.8 Å². The summed E-state index contributed by atoms with van der Waals surface area (Å²) in [6.45, 7) is 1.61. The first-order chi connectivity index (χ1) is 11.8. The topological polar surface area (TPSA) is 68.2 Å². The standard InChI is InChI=1S/C18H30N4O2/c23-18(19-11-5-8-15-7-3-4-14-24-15)21-16-9-1-2-10-17(16)22-13-6-12-20-22/h6,12-13,15-17H,1-5,7-11,14H2,(H2,19,21,23)/t15-,16+,17-/m0/s1. The summed E-state index contributed by atoms with van der Waals surface area (Å²) in [5, 5.41) is 10.5. The average molecular weight is 334 g/mol. The molecule has 0 unspecified atom stereocenters. The molecular weight excluding hydrogens is 304 g/mol. The van der Waals surface area contributed by atoms with E-state index in [1.165, 1.54) is 32.1 Å². The zero-order valence-corrected chi connectivity index (χ0v) is 14.5. The number of carbonyl (C=O) groups is 1. The largest absolute Gasteiger partial charge is 0.378 e. The Hall–Kier alpha value is -1.56. The number of urea groups is 1. The van der Waals surface area contributed by atoms with Crippen LogP contribution in [0.25, 0.3) is 0 Å². The molecule has 134 valence electrons. The number of carbonyl (C=O) groups excluding carboxylic acids is 1. The minimum atomic E-state index is -0.0522. The molecule has 1 aromatic heterocycles. The van der Waals surface area contributed by atoms with Gasteiger partial charge in [-0.2, -0.15) is 5.10 Å². The molecule has 24 heavy (non-hydrogen) atoms. The van der Waals surface area contributed by atoms with Crippen molar-refractivity contribution in [1.29, 1.82) is 0 Å². The van der Waals surface area contributed by atoms with Gasteiger partial charge < -0.3 is 15.4 Å². The monoisotopic (exact) mass is 334 g/mol. The lowest BCUT2D eigenvalue weighted by atomic mass is 9.90. The predicted octanol–water partition coefficient (Wildman–Crippen LogP) is 3.02. The van der Waals surface area contributed by atoms with Gasteiger partial charge in [0.05, 0.1) is 18.2 Å². The number of aromatic nitrogens is 2. The third-order valence-corrected chi connectivity index (χ3v) is 5.17. The summed E-state index contributed by atoms with van der Waals surface area (Å²) in [7, 11) is 0. The maximum Gasteiger partial charge on any atom is 0.315 e. The van der Waals surface area contributed by atoms with Crippen LogP contribution in [-0.4, -0.2) is 41.1 Å². The molecule has 2 N–H and O–H groups in total. The van der Waals surface area contributed by atoms with Crippen molar-refractivity contribution >= 4 is 6.03 Å². The SMILES string of the molecule is O=C(NCCC[C@@H]1CCCCO1)N[C@@H]1CCCC[C@@H]1n1cccn1. The minimum absolute atomic E-state index is 0.0522. The van der Waals surface area contributed by atoms with Crippen molar-refractivity contribution in [2.24, 2.45) is 0 Å². The van der Waals surface area contributed by atoms with E-state index in [0.29, 0.717) is 12.6 Å². The van der Waals surface area contributed by atoms with Crippen LogP contribution in [0.15, 0.2) is 18.5 Å². The second-order valence-corrected chi connectivity index (χ2v) is 6.98. The van der Waals surface area contributed by atoms with Crippen LogP contribution >= 0.6 is 0 Å². The number of nitrogens with one attached hydrogen (secondary N) is 2. The third-order valence-electron chi connectivity index (χ3n) is 5.17. The summed E-state index contributed by atoms with van der Waals surface area (Å²) in [4.78, 5) is 12.2. The fourth-order valence-electron chi connectivity index (χ4n) is 3.86. The molecule has 1 saturated carbocycles. The Labute approximate surface area is 144 Å². The van der Waals surface area contributed by atoms with Crippen molar-refractivity contribution < 1.29 is 9.53 Å². The molecule has 2 fully saturated rings. The van der Waals surface area contributed by atoms with Crippen molar-refractivity contribution in [1.82, 2.24) is 20.4 Å². The smallest absolute Gasteiger partial charge is 0.315 e. The van der Waals surface area contributed by atoms with Crippen LogP contribution in [0.5, 0.6) is 0 Å². The summed E-state index contributed by atoms with van der Waals surface area (Å²) < 4.78 is 7.71. The van der Waals surface area contributed by atoms with E-state index in [4.69, 9.17) is 4.74 Å². The van der Waals surface area contributed by atoms with Crippen molar-refractivity contribution in [3.63, 3.8) is 0 Å². The molecule has 2 aliphatic rings. The molecule has 2 amide bonds. The summed E-state index contributed by atoms with van der Waals surface area (Å²) in [5.41, 5.74) is 0. The quantitative estimate of drug-likeness (QED) is 0.786. The Morgan fingerprint density at radius 3 is 2.88 bits per heavy atom. The van der Waals surface area contributed by atoms with Crippen molar-refractivity contribution in [3.05, 3.63) is 18.5 Å². The first kappa shape index (κ1) is 17.3. The molecule has 1 aromatic rings. The number of nitrogens with zero attached hydrogens (tertiary/aromatic N) is 2. The Morgan fingerprint density at radius 1 is 1.21 bits per heavy atom. The highest BCUT2D eigenvalue weighted by Crippen LogP contribution is 2.28. The van der Waals surface area contributed by atoms with E-state index in [-0.39, 0.29) is 18.1 Å². The van der Waals surface area contributed by atoms with Crippen LogP contribution in [0, 0.1) is 0 Å². The van der Waals surface area contributed by atoms with Gasteiger partial charge in [-0.25, -0.2) is 4.79 Å². The van der Waals surface area contributed by atoms with Gasteiger partial charge in [0, 0.05) is 25.5 Å². The maximum atomic E-state index is 12.2. The van der Waals surface area contributed by atoms with Crippen molar-refractivity contribution in [2.75, 3.05) is 13.2 Å². The maximum absolute atomic E-state index is 12.2. The average Bonchev–Trinajstić information content (AvgIpc) is 3.15. The van der Waals surface area contributed by atoms with E-state index in [9.17, 15) is 4.79 Å². The fourth-order valence-corrected chi connectivity index (χ4v) is 3.86. The normalized spacial score (nSPS) is 27.6. The van der Waals surface area contributed by atoms with Gasteiger partial charge in [-0.3, -0.25) is 4.68 Å². The Kier molecular flexibility index (Phi) is 6.52. The molecule has 0 aromatic carbocycles. The molecule has 3 rings (SSSR count). The van der Waals surface area contributed by atoms with Crippen LogP contribution in [0.2, 0.25) is 0 Å². The van der Waals surface area contributed by atoms with Gasteiger partial charge in [-0.05, 0) is 51.0 Å². The molecule has 1 aliphatic heterocycles. The summed E-state index contributed by atoms with van der Waals surface area (Å²) >= 11 is 0. The number of ether oxygens (including phenoxy) is 1. The van der Waals surface area contributed by atoms with Gasteiger partial charge in [-0.15, -0.1) is 0 Å². The zero-order chi connectivity index (χ0) is 16.6. The first-order valence-corrected chi connectivity index (χ1v) is 9.48. The van der Waals surface area contributed by atoms with E-state index in [1.54, 1.807) is 6.20 Å². The van der Waals surface area contributed by atoms with Gasteiger partial charge in [0.15, 0.2) is 0 Å². The number of hydrogen-bond donors (Lipinski definition) is 2. The molecule has 2 heterocycles. The van der Waals surface area contributed by atoms with E-state index in [0.717, 1.165) is 32.3 Å². The molecule has 1 saturated heterocycles. The molecule has 1 aliphatic carbocycles. The highest BCUT2D eigenvalue weighted by Gasteiger charge is 2.28. The van der Waals surface area contributed by atoms with Gasteiger partial charge in [0.1, 0.15) is 0 Å². The van der Waals surface area contributed by atoms with E-state index in [2.05, 4.69) is 15.7 Å². The van der Waals surface area contributed by atoms with Crippen molar-refractivity contribution in [2.45, 2.75) is 76.0 Å². The number of amides is 2. The second kappa shape index (κ2) is 9.06. The summed E-state index contributed by atoms with van der Waals surface area (Å²) in [6, 6.07) is 2.33. The lowest BCUT2D eigenvalue weighted by Crippen LogP contribution is -2.47. The third kappa shape index (κ3) is 4.97. The van der Waals surface area contributed by atoms with Gasteiger partial charge in [0.2, 0.25) is 0 Å². The predicted molar refractivity (Wildman–Crippen MR) is 92.9 cm³/mol. The lowest BCUT2D eigenvalue weighted by molar-refractivity contribution is 0.0103. The van der Waals surface area contributed by atoms with E-state index >= 15 is 0 Å². The molecule has 3 atom stereocenters. The molecule has 0 radical (unpaired) electrons. The van der Waals surface area contributed by atoms with E-state index < -0.39 is 0 Å². The molecule has 6 heteroatoms. The first-order valence-electron chi connectivity index (χ1n) is 9.48. The van der Waals surface area contributed by atoms with Crippen LogP contribution < -0.4 is 10.6 Å². The molecule has 0 spiro atoms. The van der Waals surface area contributed by atoms with E-state index in [1.807, 2.05) is 16.9 Å². The molecular formula is C18H30N4O2. The number of hydrogen-bond acceptors (Lipinski definition) is 3. The van der Waals surface area contributed by atoms with Crippen LogP contribution in [0.3, 0.4) is 0 Å². The Morgan fingerprint density at radius 2 is 2.08 bits per heavy atom.